The summed E-state index contributed by atoms with van der Waals surface area (Å²) in [5.41, 5.74) is 1.90. The molecule has 0 spiro atoms. The molecule has 1 aromatic heterocycles. The average Bonchev–Trinajstić information content (AvgIpc) is 2.55. The lowest BCUT2D eigenvalue weighted by molar-refractivity contribution is -0.144. The van der Waals surface area contributed by atoms with E-state index >= 15 is 0 Å². The summed E-state index contributed by atoms with van der Waals surface area (Å²) in [5.74, 6) is -1.73. The van der Waals surface area contributed by atoms with Gasteiger partial charge in [0.15, 0.2) is 12.4 Å². The number of rotatable bonds is 4. The molecule has 0 unspecified atom stereocenters. The third-order valence-corrected chi connectivity index (χ3v) is 1.11. The molecule has 0 aliphatic carbocycles. The van der Waals surface area contributed by atoms with Crippen LogP contribution in [0.2, 0.25) is 0 Å². The number of carboxylic acid groups (broad SMARTS) is 1. The van der Waals surface area contributed by atoms with Crippen LogP contribution in [-0.2, 0) is 9.63 Å². The Balaban J connectivity index is 2.31. The van der Waals surface area contributed by atoms with Crippen molar-refractivity contribution in [2.75, 3.05) is 6.61 Å². The first-order valence-corrected chi connectivity index (χ1v) is 3.37. The predicted molar refractivity (Wildman–Crippen MR) is 39.8 cm³/mol. The fraction of sp³-hybridized carbons (Fsp3) is 0.143. The van der Waals surface area contributed by atoms with Crippen LogP contribution < -0.4 is 5.48 Å². The van der Waals surface area contributed by atoms with Crippen LogP contribution in [0.3, 0.4) is 0 Å². The Hall–Kier alpha value is -1.82. The van der Waals surface area contributed by atoms with Gasteiger partial charge in [0.1, 0.15) is 0 Å². The molecular formula is C7H7NO5. The summed E-state index contributed by atoms with van der Waals surface area (Å²) in [4.78, 5) is 25.3. The number of hydroxylamine groups is 1. The van der Waals surface area contributed by atoms with Gasteiger partial charge in [-0.2, -0.15) is 0 Å². The van der Waals surface area contributed by atoms with Crippen LogP contribution in [0.5, 0.6) is 0 Å². The molecule has 0 bridgehead atoms. The van der Waals surface area contributed by atoms with Crippen molar-refractivity contribution in [2.45, 2.75) is 0 Å². The van der Waals surface area contributed by atoms with Crippen molar-refractivity contribution in [3.05, 3.63) is 24.2 Å². The Labute approximate surface area is 73.1 Å². The predicted octanol–water partition coefficient (Wildman–Crippen LogP) is 0.0256. The van der Waals surface area contributed by atoms with Crippen molar-refractivity contribution in [3.8, 4) is 0 Å². The quantitative estimate of drug-likeness (QED) is 0.646. The van der Waals surface area contributed by atoms with Gasteiger partial charge < -0.3 is 9.52 Å². The molecule has 2 N–H and O–H groups in total. The molecule has 0 saturated carbocycles. The van der Waals surface area contributed by atoms with Crippen molar-refractivity contribution < 1.29 is 24.0 Å². The number of aliphatic carboxylic acids is 1. The minimum atomic E-state index is -1.17. The fourth-order valence-electron chi connectivity index (χ4n) is 0.621. The third kappa shape index (κ3) is 2.96. The zero-order valence-corrected chi connectivity index (χ0v) is 6.52. The van der Waals surface area contributed by atoms with Crippen LogP contribution in [0, 0.1) is 0 Å². The number of carbonyl (C=O) groups is 2. The highest BCUT2D eigenvalue weighted by atomic mass is 16.7. The number of carbonyl (C=O) groups excluding carboxylic acids is 1. The van der Waals surface area contributed by atoms with E-state index in [1.54, 1.807) is 0 Å². The highest BCUT2D eigenvalue weighted by Gasteiger charge is 2.08. The summed E-state index contributed by atoms with van der Waals surface area (Å²) in [7, 11) is 0. The number of hydrogen-bond donors (Lipinski definition) is 2. The second-order valence-electron chi connectivity index (χ2n) is 2.09. The van der Waals surface area contributed by atoms with Crippen LogP contribution >= 0.6 is 0 Å². The van der Waals surface area contributed by atoms with Crippen molar-refractivity contribution in [1.82, 2.24) is 5.48 Å². The number of amides is 1. The van der Waals surface area contributed by atoms with Gasteiger partial charge in [-0.1, -0.05) is 0 Å². The molecule has 0 radical (unpaired) electrons. The topological polar surface area (TPSA) is 88.8 Å². The molecule has 1 heterocycles. The monoisotopic (exact) mass is 185 g/mol. The molecule has 0 saturated heterocycles. The lowest BCUT2D eigenvalue weighted by atomic mass is 10.4. The number of nitrogens with one attached hydrogen (secondary N) is 1. The number of hydrogen-bond acceptors (Lipinski definition) is 4. The molecule has 13 heavy (non-hydrogen) atoms. The van der Waals surface area contributed by atoms with Gasteiger partial charge in [-0.05, 0) is 12.1 Å². The van der Waals surface area contributed by atoms with Gasteiger partial charge in [-0.3, -0.25) is 9.63 Å². The molecule has 6 nitrogen and oxygen atoms in total. The maximum absolute atomic E-state index is 11.0. The Morgan fingerprint density at radius 3 is 2.92 bits per heavy atom. The molecular weight excluding hydrogens is 178 g/mol. The fourth-order valence-corrected chi connectivity index (χ4v) is 0.621. The number of furan rings is 1. The second kappa shape index (κ2) is 4.27. The molecule has 0 aliphatic rings. The Kier molecular flexibility index (Phi) is 3.04. The van der Waals surface area contributed by atoms with Crippen LogP contribution in [0.1, 0.15) is 10.6 Å². The summed E-state index contributed by atoms with van der Waals surface area (Å²) < 4.78 is 4.71. The maximum Gasteiger partial charge on any atom is 0.332 e. The van der Waals surface area contributed by atoms with Gasteiger partial charge in [0.05, 0.1) is 6.26 Å². The molecule has 6 heteroatoms. The minimum Gasteiger partial charge on any atom is -0.479 e. The van der Waals surface area contributed by atoms with Crippen molar-refractivity contribution in [2.24, 2.45) is 0 Å². The van der Waals surface area contributed by atoms with E-state index in [2.05, 4.69) is 4.84 Å². The van der Waals surface area contributed by atoms with E-state index in [0.717, 1.165) is 0 Å². The largest absolute Gasteiger partial charge is 0.479 e. The third-order valence-electron chi connectivity index (χ3n) is 1.11. The molecule has 0 atom stereocenters. The molecule has 1 amide bonds. The molecule has 0 aromatic carbocycles. The second-order valence-corrected chi connectivity index (χ2v) is 2.09. The summed E-state index contributed by atoms with van der Waals surface area (Å²) in [6, 6.07) is 2.96. The van der Waals surface area contributed by atoms with E-state index in [0.29, 0.717) is 0 Å². The van der Waals surface area contributed by atoms with Gasteiger partial charge in [0, 0.05) is 0 Å². The van der Waals surface area contributed by atoms with Crippen LogP contribution in [0.25, 0.3) is 0 Å². The lowest BCUT2D eigenvalue weighted by Crippen LogP contribution is -2.26. The van der Waals surface area contributed by atoms with Crippen LogP contribution in [0.4, 0.5) is 0 Å². The lowest BCUT2D eigenvalue weighted by Gasteiger charge is -1.99. The van der Waals surface area contributed by atoms with E-state index in [4.69, 9.17) is 9.52 Å². The highest BCUT2D eigenvalue weighted by Crippen LogP contribution is 1.98. The van der Waals surface area contributed by atoms with Gasteiger partial charge in [0.25, 0.3) is 0 Å². The van der Waals surface area contributed by atoms with E-state index in [-0.39, 0.29) is 5.76 Å². The van der Waals surface area contributed by atoms with E-state index in [1.165, 1.54) is 18.4 Å². The first kappa shape index (κ1) is 9.27. The van der Waals surface area contributed by atoms with Crippen molar-refractivity contribution in [3.63, 3.8) is 0 Å². The maximum atomic E-state index is 11.0. The first-order chi connectivity index (χ1) is 6.20. The zero-order chi connectivity index (χ0) is 9.68. The van der Waals surface area contributed by atoms with Crippen LogP contribution in [-0.4, -0.2) is 23.6 Å². The average molecular weight is 185 g/mol. The molecule has 0 aliphatic heterocycles. The van der Waals surface area contributed by atoms with Gasteiger partial charge in [-0.25, -0.2) is 10.3 Å². The Morgan fingerprint density at radius 2 is 2.38 bits per heavy atom. The summed E-state index contributed by atoms with van der Waals surface area (Å²) in [6.07, 6.45) is 1.33. The minimum absolute atomic E-state index is 0.0605. The first-order valence-electron chi connectivity index (χ1n) is 3.37. The molecule has 0 fully saturated rings. The van der Waals surface area contributed by atoms with Gasteiger partial charge in [0.2, 0.25) is 0 Å². The van der Waals surface area contributed by atoms with E-state index in [1.807, 2.05) is 5.48 Å². The number of carboxylic acids is 1. The van der Waals surface area contributed by atoms with E-state index < -0.39 is 18.5 Å². The van der Waals surface area contributed by atoms with E-state index in [9.17, 15) is 9.59 Å². The Morgan fingerprint density at radius 1 is 1.62 bits per heavy atom. The van der Waals surface area contributed by atoms with Crippen molar-refractivity contribution in [1.29, 1.82) is 0 Å². The van der Waals surface area contributed by atoms with Crippen molar-refractivity contribution >= 4 is 11.9 Å². The smallest absolute Gasteiger partial charge is 0.332 e. The Bertz CT molecular complexity index is 292. The zero-order valence-electron chi connectivity index (χ0n) is 6.52. The molecule has 70 valence electrons. The van der Waals surface area contributed by atoms with Gasteiger partial charge in [-0.15, -0.1) is 0 Å². The summed E-state index contributed by atoms with van der Waals surface area (Å²) in [6.45, 7) is -0.591. The van der Waals surface area contributed by atoms with Crippen LogP contribution in [0.15, 0.2) is 22.8 Å². The van der Waals surface area contributed by atoms with Gasteiger partial charge >= 0.3 is 11.9 Å². The summed E-state index contributed by atoms with van der Waals surface area (Å²) in [5, 5.41) is 8.16. The highest BCUT2D eigenvalue weighted by molar-refractivity contribution is 5.90. The molecule has 1 rings (SSSR count). The normalized spacial score (nSPS) is 9.54. The molecule has 1 aromatic rings. The standard InChI is InChI=1S/C7H7NO5/c9-6(10)4-13-8-7(11)5-2-1-3-12-5/h1-3H,4H2,(H,8,11)(H,9,10). The SMILES string of the molecule is O=C(O)CONC(=O)c1ccco1. The summed E-state index contributed by atoms with van der Waals surface area (Å²) >= 11 is 0.